The van der Waals surface area contributed by atoms with Crippen LogP contribution in [0.4, 0.5) is 0 Å². The molecule has 0 unspecified atom stereocenters. The van der Waals surface area contributed by atoms with Crippen LogP contribution < -0.4 is 0 Å². The van der Waals surface area contributed by atoms with Crippen molar-refractivity contribution in [3.63, 3.8) is 0 Å². The SMILES string of the molecule is Cc1ccc(C(=O)N2C[C@@H](c3cccnc3)[C@H](c3nc(-c4ccncc4)no3)C2)s1. The number of hydrogen-bond donors (Lipinski definition) is 0. The fourth-order valence-corrected chi connectivity index (χ4v) is 4.70. The maximum absolute atomic E-state index is 13.1. The van der Waals surface area contributed by atoms with E-state index in [2.05, 4.69) is 20.1 Å². The minimum atomic E-state index is -0.0951. The van der Waals surface area contributed by atoms with Gasteiger partial charge >= 0.3 is 0 Å². The van der Waals surface area contributed by atoms with Crippen LogP contribution >= 0.6 is 11.3 Å². The second-order valence-corrected chi connectivity index (χ2v) is 8.60. The molecule has 1 aliphatic rings. The van der Waals surface area contributed by atoms with Crippen LogP contribution in [0.2, 0.25) is 0 Å². The van der Waals surface area contributed by atoms with E-state index in [9.17, 15) is 4.79 Å². The predicted octanol–water partition coefficient (Wildman–Crippen LogP) is 3.92. The molecule has 0 spiro atoms. The molecule has 4 aromatic heterocycles. The minimum absolute atomic E-state index is 0.0365. The Morgan fingerprint density at radius 1 is 1.07 bits per heavy atom. The van der Waals surface area contributed by atoms with Crippen LogP contribution in [0.1, 0.15) is 37.8 Å². The summed E-state index contributed by atoms with van der Waals surface area (Å²) in [6.07, 6.45) is 6.99. The van der Waals surface area contributed by atoms with Crippen LogP contribution in [0.3, 0.4) is 0 Å². The van der Waals surface area contributed by atoms with Crippen molar-refractivity contribution in [1.82, 2.24) is 25.0 Å². The van der Waals surface area contributed by atoms with Gasteiger partial charge in [0, 0.05) is 54.2 Å². The first-order chi connectivity index (χ1) is 14.7. The van der Waals surface area contributed by atoms with E-state index in [1.54, 1.807) is 18.6 Å². The molecule has 0 saturated carbocycles. The molecule has 150 valence electrons. The van der Waals surface area contributed by atoms with E-state index >= 15 is 0 Å². The fraction of sp³-hybridized carbons (Fsp3) is 0.227. The molecular weight excluding hydrogens is 398 g/mol. The molecule has 4 aromatic rings. The van der Waals surface area contributed by atoms with Gasteiger partial charge in [-0.05, 0) is 42.8 Å². The lowest BCUT2D eigenvalue weighted by molar-refractivity contribution is 0.0793. The number of nitrogens with zero attached hydrogens (tertiary/aromatic N) is 5. The lowest BCUT2D eigenvalue weighted by Gasteiger charge is -2.15. The van der Waals surface area contributed by atoms with Crippen molar-refractivity contribution in [3.05, 3.63) is 82.4 Å². The van der Waals surface area contributed by atoms with Crippen LogP contribution in [0.25, 0.3) is 11.4 Å². The number of aromatic nitrogens is 4. The summed E-state index contributed by atoms with van der Waals surface area (Å²) in [5.74, 6) is 1.04. The van der Waals surface area contributed by atoms with Gasteiger partial charge in [0.2, 0.25) is 11.7 Å². The third kappa shape index (κ3) is 3.50. The van der Waals surface area contributed by atoms with Crippen LogP contribution in [0, 0.1) is 6.92 Å². The van der Waals surface area contributed by atoms with Gasteiger partial charge in [-0.3, -0.25) is 14.8 Å². The number of carbonyl (C=O) groups is 1. The van der Waals surface area contributed by atoms with Crippen molar-refractivity contribution < 1.29 is 9.32 Å². The van der Waals surface area contributed by atoms with Gasteiger partial charge in [0.1, 0.15) is 0 Å². The van der Waals surface area contributed by atoms with Gasteiger partial charge in [0.15, 0.2) is 0 Å². The summed E-state index contributed by atoms with van der Waals surface area (Å²) in [5, 5.41) is 4.16. The standard InChI is InChI=1S/C22H19N5O2S/c1-14-4-5-19(30-14)22(28)27-12-17(16-3-2-8-24-11-16)18(13-27)21-25-20(26-29-21)15-6-9-23-10-7-15/h2-11,17-18H,12-13H2,1H3/t17-,18+/m0/s1. The third-order valence-corrected chi connectivity index (χ3v) is 6.36. The van der Waals surface area contributed by atoms with Crippen molar-refractivity contribution >= 4 is 17.2 Å². The lowest BCUT2D eigenvalue weighted by atomic mass is 9.90. The Balaban J connectivity index is 1.47. The van der Waals surface area contributed by atoms with Gasteiger partial charge in [-0.2, -0.15) is 4.98 Å². The van der Waals surface area contributed by atoms with Gasteiger partial charge in [-0.25, -0.2) is 0 Å². The van der Waals surface area contributed by atoms with E-state index in [4.69, 9.17) is 4.52 Å². The normalized spacial score (nSPS) is 18.6. The Bertz CT molecular complexity index is 1160. The summed E-state index contributed by atoms with van der Waals surface area (Å²) in [5.41, 5.74) is 1.90. The van der Waals surface area contributed by atoms with Gasteiger partial charge in [0.25, 0.3) is 5.91 Å². The van der Waals surface area contributed by atoms with Crippen LogP contribution in [-0.4, -0.2) is 44.0 Å². The number of hydrogen-bond acceptors (Lipinski definition) is 7. The molecule has 8 heteroatoms. The average molecular weight is 417 g/mol. The topological polar surface area (TPSA) is 85.0 Å². The molecule has 1 fully saturated rings. The number of rotatable bonds is 4. The Labute approximate surface area is 177 Å². The summed E-state index contributed by atoms with van der Waals surface area (Å²) in [7, 11) is 0. The number of amides is 1. The zero-order valence-corrected chi connectivity index (χ0v) is 17.1. The summed E-state index contributed by atoms with van der Waals surface area (Å²) in [6, 6.07) is 11.5. The first-order valence-corrected chi connectivity index (χ1v) is 10.5. The number of carbonyl (C=O) groups excluding carboxylic acids is 1. The van der Waals surface area contributed by atoms with E-state index < -0.39 is 0 Å². The zero-order chi connectivity index (χ0) is 20.5. The molecule has 1 saturated heterocycles. The van der Waals surface area contributed by atoms with Crippen LogP contribution in [0.15, 0.2) is 65.7 Å². The molecule has 30 heavy (non-hydrogen) atoms. The van der Waals surface area contributed by atoms with E-state index in [-0.39, 0.29) is 17.7 Å². The molecule has 5 heterocycles. The highest BCUT2D eigenvalue weighted by Crippen LogP contribution is 2.40. The highest BCUT2D eigenvalue weighted by molar-refractivity contribution is 7.13. The summed E-state index contributed by atoms with van der Waals surface area (Å²) < 4.78 is 5.66. The first kappa shape index (κ1) is 18.6. The van der Waals surface area contributed by atoms with Gasteiger partial charge in [-0.15, -0.1) is 11.3 Å². The smallest absolute Gasteiger partial charge is 0.263 e. The van der Waals surface area contributed by atoms with Crippen molar-refractivity contribution in [2.45, 2.75) is 18.8 Å². The van der Waals surface area contributed by atoms with E-state index in [0.29, 0.717) is 24.8 Å². The van der Waals surface area contributed by atoms with Crippen molar-refractivity contribution in [2.24, 2.45) is 0 Å². The Hall–Kier alpha value is -3.39. The predicted molar refractivity (Wildman–Crippen MR) is 112 cm³/mol. The minimum Gasteiger partial charge on any atom is -0.339 e. The first-order valence-electron chi connectivity index (χ1n) is 9.68. The van der Waals surface area contributed by atoms with Crippen molar-refractivity contribution in [2.75, 3.05) is 13.1 Å². The Morgan fingerprint density at radius 2 is 1.90 bits per heavy atom. The summed E-state index contributed by atoms with van der Waals surface area (Å²) in [4.78, 5) is 29.8. The lowest BCUT2D eigenvalue weighted by Crippen LogP contribution is -2.28. The Morgan fingerprint density at radius 3 is 2.63 bits per heavy atom. The average Bonchev–Trinajstić information content (AvgIpc) is 3.53. The van der Waals surface area contributed by atoms with Crippen LogP contribution in [-0.2, 0) is 0 Å². The van der Waals surface area contributed by atoms with E-state index in [0.717, 1.165) is 20.9 Å². The number of likely N-dealkylation sites (tertiary alicyclic amines) is 1. The molecule has 1 aliphatic heterocycles. The molecule has 0 aromatic carbocycles. The molecule has 5 rings (SSSR count). The molecule has 0 N–H and O–H groups in total. The highest BCUT2D eigenvalue weighted by atomic mass is 32.1. The third-order valence-electron chi connectivity index (χ3n) is 5.37. The van der Waals surface area contributed by atoms with E-state index in [1.807, 2.05) is 54.4 Å². The van der Waals surface area contributed by atoms with Gasteiger partial charge < -0.3 is 9.42 Å². The van der Waals surface area contributed by atoms with Crippen molar-refractivity contribution in [1.29, 1.82) is 0 Å². The number of pyridine rings is 2. The largest absolute Gasteiger partial charge is 0.339 e. The van der Waals surface area contributed by atoms with Gasteiger partial charge in [-0.1, -0.05) is 11.2 Å². The van der Waals surface area contributed by atoms with Crippen molar-refractivity contribution in [3.8, 4) is 11.4 Å². The molecule has 0 aliphatic carbocycles. The number of aryl methyl sites for hydroxylation is 1. The summed E-state index contributed by atoms with van der Waals surface area (Å²) >= 11 is 1.52. The van der Waals surface area contributed by atoms with E-state index in [1.165, 1.54) is 11.3 Å². The second kappa shape index (κ2) is 7.79. The van der Waals surface area contributed by atoms with Crippen LogP contribution in [0.5, 0.6) is 0 Å². The highest BCUT2D eigenvalue weighted by Gasteiger charge is 2.41. The molecular formula is C22H19N5O2S. The second-order valence-electron chi connectivity index (χ2n) is 7.31. The monoisotopic (exact) mass is 417 g/mol. The maximum atomic E-state index is 13.1. The summed E-state index contributed by atoms with van der Waals surface area (Å²) in [6.45, 7) is 3.11. The maximum Gasteiger partial charge on any atom is 0.263 e. The Kier molecular flexibility index (Phi) is 4.84. The quantitative estimate of drug-likeness (QED) is 0.500. The molecule has 2 atom stereocenters. The zero-order valence-electron chi connectivity index (χ0n) is 16.3. The van der Waals surface area contributed by atoms with Gasteiger partial charge in [0.05, 0.1) is 10.8 Å². The molecule has 7 nitrogen and oxygen atoms in total. The molecule has 0 bridgehead atoms. The molecule has 1 amide bonds. The molecule has 0 radical (unpaired) electrons. The fourth-order valence-electron chi connectivity index (χ4n) is 3.86. The number of thiophene rings is 1.